The minimum absolute atomic E-state index is 0.0262. The maximum atomic E-state index is 14.2. The summed E-state index contributed by atoms with van der Waals surface area (Å²) < 4.78 is 11.8. The summed E-state index contributed by atoms with van der Waals surface area (Å²) in [6, 6.07) is 6.08. The molecule has 15 heteroatoms. The third-order valence-electron chi connectivity index (χ3n) is 10.0. The standard InChI is InChI=1S/C35H41N3O12/c1-2-22-23(37-17-36-22)13-19-12-18(4-6-24(19)41)5-7-27(43)38-28-20(15-34(38,33(47)48)9-3-11-39)14-25(42)31-21(28)8-10-35(50-31)32(46)30(45)29(44)26(16-40)49-35/h4-7,12,14,26,29-30,32,39-42,44-46H,2-3,8-11,13,15-17H2,1H3,(H,47,48). The molecule has 6 atom stereocenters. The number of amides is 1. The first-order valence-electron chi connectivity index (χ1n) is 16.5. The predicted octanol–water partition coefficient (Wildman–Crippen LogP) is 0.597. The van der Waals surface area contributed by atoms with Crippen LogP contribution in [0.2, 0.25) is 0 Å². The Bertz CT molecular complexity index is 1770. The number of anilines is 1. The molecule has 1 spiro atoms. The molecule has 6 unspecified atom stereocenters. The monoisotopic (exact) mass is 695 g/mol. The molecule has 15 nitrogen and oxygen atoms in total. The Morgan fingerprint density at radius 2 is 1.82 bits per heavy atom. The van der Waals surface area contributed by atoms with E-state index in [9.17, 15) is 50.4 Å². The van der Waals surface area contributed by atoms with Crippen LogP contribution in [-0.2, 0) is 33.6 Å². The van der Waals surface area contributed by atoms with Crippen molar-refractivity contribution >= 4 is 35.1 Å². The zero-order chi connectivity index (χ0) is 36.0. The van der Waals surface area contributed by atoms with E-state index in [0.717, 1.165) is 16.3 Å². The summed E-state index contributed by atoms with van der Waals surface area (Å²) in [6.45, 7) is 1.27. The zero-order valence-electron chi connectivity index (χ0n) is 27.4. The van der Waals surface area contributed by atoms with Crippen LogP contribution in [0.4, 0.5) is 5.69 Å². The molecule has 1 saturated heterocycles. The highest BCUT2D eigenvalue weighted by molar-refractivity contribution is 6.43. The smallest absolute Gasteiger partial charge is 0.330 e. The molecular formula is C35H41N3O12. The summed E-state index contributed by atoms with van der Waals surface area (Å²) in [7, 11) is 0. The maximum absolute atomic E-state index is 14.2. The van der Waals surface area contributed by atoms with Gasteiger partial charge in [0.2, 0.25) is 5.79 Å². The van der Waals surface area contributed by atoms with E-state index in [4.69, 9.17) is 9.47 Å². The number of aliphatic carboxylic acids is 1. The Morgan fingerprint density at radius 1 is 1.06 bits per heavy atom. The van der Waals surface area contributed by atoms with Gasteiger partial charge in [-0.15, -0.1) is 0 Å². The van der Waals surface area contributed by atoms with Crippen LogP contribution >= 0.6 is 0 Å². The molecule has 1 fully saturated rings. The Labute approximate surface area is 287 Å². The number of benzene rings is 2. The van der Waals surface area contributed by atoms with Crippen molar-refractivity contribution < 1.29 is 59.9 Å². The van der Waals surface area contributed by atoms with Gasteiger partial charge in [0.05, 0.1) is 23.7 Å². The van der Waals surface area contributed by atoms with Gasteiger partial charge >= 0.3 is 5.97 Å². The molecule has 2 aromatic rings. The number of aliphatic imine (C=N–C) groups is 2. The average molecular weight is 696 g/mol. The van der Waals surface area contributed by atoms with Crippen molar-refractivity contribution in [3.63, 3.8) is 0 Å². The molecule has 0 bridgehead atoms. The fourth-order valence-corrected chi connectivity index (χ4v) is 7.45. The molecule has 0 aromatic heterocycles. The Morgan fingerprint density at radius 3 is 2.52 bits per heavy atom. The summed E-state index contributed by atoms with van der Waals surface area (Å²) in [5.74, 6) is -4.61. The van der Waals surface area contributed by atoms with Crippen molar-refractivity contribution in [2.75, 3.05) is 24.8 Å². The van der Waals surface area contributed by atoms with E-state index in [1.165, 1.54) is 24.3 Å². The van der Waals surface area contributed by atoms with E-state index < -0.39 is 60.0 Å². The molecule has 0 aliphatic carbocycles. The number of rotatable bonds is 10. The molecule has 4 aliphatic rings. The van der Waals surface area contributed by atoms with Crippen molar-refractivity contribution in [3.05, 3.63) is 52.6 Å². The number of phenols is 2. The number of aliphatic hydroxyl groups is 5. The van der Waals surface area contributed by atoms with E-state index in [2.05, 4.69) is 9.98 Å². The van der Waals surface area contributed by atoms with Gasteiger partial charge in [-0.1, -0.05) is 13.0 Å². The molecule has 6 rings (SSSR count). The number of aromatic hydroxyl groups is 2. The quantitative estimate of drug-likeness (QED) is 0.159. The molecule has 0 saturated carbocycles. The lowest BCUT2D eigenvalue weighted by molar-refractivity contribution is -0.342. The molecule has 1 amide bonds. The van der Waals surface area contributed by atoms with Gasteiger partial charge in [-0.05, 0) is 61.1 Å². The van der Waals surface area contributed by atoms with Gasteiger partial charge in [-0.2, -0.15) is 0 Å². The lowest BCUT2D eigenvalue weighted by Crippen LogP contribution is -2.68. The third kappa shape index (κ3) is 5.93. The minimum Gasteiger partial charge on any atom is -0.508 e. The molecule has 268 valence electrons. The minimum atomic E-state index is -1.98. The summed E-state index contributed by atoms with van der Waals surface area (Å²) in [5, 5.41) is 83.5. The van der Waals surface area contributed by atoms with Crippen molar-refractivity contribution in [1.29, 1.82) is 0 Å². The van der Waals surface area contributed by atoms with Crippen LogP contribution in [0.25, 0.3) is 6.08 Å². The number of nitrogens with zero attached hydrogens (tertiary/aromatic N) is 3. The van der Waals surface area contributed by atoms with Crippen molar-refractivity contribution in [2.24, 2.45) is 9.98 Å². The third-order valence-corrected chi connectivity index (χ3v) is 10.0. The predicted molar refractivity (Wildman–Crippen MR) is 179 cm³/mol. The second-order valence-corrected chi connectivity index (χ2v) is 13.0. The number of hydrogen-bond donors (Lipinski definition) is 8. The molecule has 2 aromatic carbocycles. The molecular weight excluding hydrogens is 654 g/mol. The van der Waals surface area contributed by atoms with Crippen molar-refractivity contribution in [3.8, 4) is 17.2 Å². The highest BCUT2D eigenvalue weighted by Crippen LogP contribution is 2.54. The van der Waals surface area contributed by atoms with Gasteiger partial charge in [0, 0.05) is 43.1 Å². The number of fused-ring (bicyclic) bond motifs is 3. The first kappa shape index (κ1) is 35.4. The fourth-order valence-electron chi connectivity index (χ4n) is 7.45. The lowest BCUT2D eigenvalue weighted by Gasteiger charge is -2.50. The molecule has 50 heavy (non-hydrogen) atoms. The summed E-state index contributed by atoms with van der Waals surface area (Å²) in [4.78, 5) is 37.2. The molecule has 8 N–H and O–H groups in total. The van der Waals surface area contributed by atoms with E-state index >= 15 is 0 Å². The highest BCUT2D eigenvalue weighted by Gasteiger charge is 2.59. The van der Waals surface area contributed by atoms with Crippen LogP contribution in [0.3, 0.4) is 0 Å². The van der Waals surface area contributed by atoms with Gasteiger partial charge in [-0.3, -0.25) is 19.7 Å². The SMILES string of the molecule is CCC1=NCN=C1Cc1cc(C=CC(=O)N2c3c(cc(O)c4c3CCC3(O4)OC(CO)C(O)C(O)C3O)CC2(CCCO)C(=O)O)ccc1O. The number of aliphatic hydroxyl groups excluding tert-OH is 5. The van der Waals surface area contributed by atoms with Gasteiger partial charge in [0.25, 0.3) is 5.91 Å². The van der Waals surface area contributed by atoms with Gasteiger partial charge in [0.1, 0.15) is 42.4 Å². The van der Waals surface area contributed by atoms with Gasteiger partial charge in [0.15, 0.2) is 11.5 Å². The zero-order valence-corrected chi connectivity index (χ0v) is 27.4. The van der Waals surface area contributed by atoms with E-state index in [0.29, 0.717) is 36.2 Å². The second kappa shape index (κ2) is 13.7. The van der Waals surface area contributed by atoms with E-state index in [1.807, 2.05) is 6.92 Å². The van der Waals surface area contributed by atoms with Crippen LogP contribution in [0, 0.1) is 0 Å². The molecule has 4 aliphatic heterocycles. The van der Waals surface area contributed by atoms with E-state index in [-0.39, 0.29) is 61.5 Å². The Kier molecular flexibility index (Phi) is 9.74. The summed E-state index contributed by atoms with van der Waals surface area (Å²) >= 11 is 0. The Balaban J connectivity index is 1.38. The molecule has 4 heterocycles. The average Bonchev–Trinajstić information content (AvgIpc) is 3.70. The van der Waals surface area contributed by atoms with Crippen LogP contribution in [0.15, 0.2) is 40.3 Å². The van der Waals surface area contributed by atoms with Crippen LogP contribution < -0.4 is 9.64 Å². The second-order valence-electron chi connectivity index (χ2n) is 13.0. The summed E-state index contributed by atoms with van der Waals surface area (Å²) in [6.07, 6.45) is -3.17. The Hall–Kier alpha value is -4.38. The van der Waals surface area contributed by atoms with Crippen molar-refractivity contribution in [2.45, 2.75) is 87.6 Å². The number of carbonyl (C=O) groups excluding carboxylic acids is 1. The number of phenolic OH excluding ortho intramolecular Hbond substituents is 2. The van der Waals surface area contributed by atoms with Gasteiger partial charge in [-0.25, -0.2) is 4.79 Å². The first-order chi connectivity index (χ1) is 23.9. The van der Waals surface area contributed by atoms with Gasteiger partial charge < -0.3 is 50.3 Å². The molecule has 0 radical (unpaired) electrons. The highest BCUT2D eigenvalue weighted by atomic mass is 16.7. The van der Waals surface area contributed by atoms with E-state index in [1.54, 1.807) is 12.1 Å². The van der Waals surface area contributed by atoms with Crippen LogP contribution in [0.5, 0.6) is 17.2 Å². The number of ether oxygens (including phenoxy) is 2. The van der Waals surface area contributed by atoms with Crippen LogP contribution in [0.1, 0.15) is 54.9 Å². The van der Waals surface area contributed by atoms with Crippen molar-refractivity contribution in [1.82, 2.24) is 0 Å². The lowest BCUT2D eigenvalue weighted by atomic mass is 9.86. The number of carbonyl (C=O) groups is 2. The largest absolute Gasteiger partial charge is 0.508 e. The number of hydrogen-bond acceptors (Lipinski definition) is 13. The first-order valence-corrected chi connectivity index (χ1v) is 16.5. The number of carboxylic acid groups (broad SMARTS) is 1. The summed E-state index contributed by atoms with van der Waals surface area (Å²) in [5.41, 5.74) is 1.69. The number of carboxylic acids is 1. The normalized spacial score (nSPS) is 28.7. The topological polar surface area (TPSA) is 242 Å². The fraction of sp³-hybridized carbons (Fsp3) is 0.486. The maximum Gasteiger partial charge on any atom is 0.330 e. The van der Waals surface area contributed by atoms with Crippen LogP contribution in [-0.4, -0.2) is 120 Å².